The standard InChI is InChI=1S/C15H13ClFNO4/c1-20-11-6-10(7-12(8-11)21-2)18-15(19)22-14-4-3-9(17)5-13(14)16/h3-8H,1-2H3,(H,18,19). The lowest BCUT2D eigenvalue weighted by Gasteiger charge is -2.10. The van der Waals surface area contributed by atoms with Crippen LogP contribution in [0, 0.1) is 5.82 Å². The SMILES string of the molecule is COc1cc(NC(=O)Oc2ccc(F)cc2Cl)cc(OC)c1. The molecule has 0 heterocycles. The summed E-state index contributed by atoms with van der Waals surface area (Å²) in [6, 6.07) is 8.31. The van der Waals surface area contributed by atoms with Crippen LogP contribution in [-0.4, -0.2) is 20.3 Å². The summed E-state index contributed by atoms with van der Waals surface area (Å²) in [6.45, 7) is 0. The Morgan fingerprint density at radius 2 is 1.73 bits per heavy atom. The first-order valence-electron chi connectivity index (χ1n) is 6.19. The normalized spacial score (nSPS) is 10.0. The highest BCUT2D eigenvalue weighted by Crippen LogP contribution is 2.27. The Hall–Kier alpha value is -2.47. The first-order valence-corrected chi connectivity index (χ1v) is 6.56. The van der Waals surface area contributed by atoms with Gasteiger partial charge in [-0.1, -0.05) is 11.6 Å². The van der Waals surface area contributed by atoms with Gasteiger partial charge in [0.25, 0.3) is 0 Å². The summed E-state index contributed by atoms with van der Waals surface area (Å²) in [5, 5.41) is 2.51. The van der Waals surface area contributed by atoms with E-state index in [1.165, 1.54) is 20.3 Å². The Balaban J connectivity index is 2.11. The Morgan fingerprint density at radius 1 is 1.09 bits per heavy atom. The number of carbonyl (C=O) groups excluding carboxylic acids is 1. The van der Waals surface area contributed by atoms with Crippen molar-refractivity contribution >= 4 is 23.4 Å². The average molecular weight is 326 g/mol. The highest BCUT2D eigenvalue weighted by Gasteiger charge is 2.11. The molecule has 0 aromatic heterocycles. The van der Waals surface area contributed by atoms with Gasteiger partial charge in [-0.15, -0.1) is 0 Å². The molecule has 0 unspecified atom stereocenters. The fraction of sp³-hybridized carbons (Fsp3) is 0.133. The number of hydrogen-bond acceptors (Lipinski definition) is 4. The van der Waals surface area contributed by atoms with E-state index in [1.807, 2.05) is 0 Å². The van der Waals surface area contributed by atoms with Crippen LogP contribution < -0.4 is 19.5 Å². The molecule has 1 amide bonds. The van der Waals surface area contributed by atoms with Crippen molar-refractivity contribution in [1.82, 2.24) is 0 Å². The summed E-state index contributed by atoms with van der Waals surface area (Å²) in [7, 11) is 2.99. The van der Waals surface area contributed by atoms with Gasteiger partial charge in [-0.2, -0.15) is 0 Å². The van der Waals surface area contributed by atoms with Gasteiger partial charge < -0.3 is 14.2 Å². The van der Waals surface area contributed by atoms with E-state index >= 15 is 0 Å². The molecule has 0 saturated carbocycles. The third-order valence-electron chi connectivity index (χ3n) is 2.69. The molecule has 2 aromatic carbocycles. The number of amides is 1. The lowest BCUT2D eigenvalue weighted by Crippen LogP contribution is -2.17. The molecule has 22 heavy (non-hydrogen) atoms. The van der Waals surface area contributed by atoms with Crippen LogP contribution in [0.15, 0.2) is 36.4 Å². The van der Waals surface area contributed by atoms with Crippen molar-refractivity contribution in [3.63, 3.8) is 0 Å². The maximum Gasteiger partial charge on any atom is 0.417 e. The second-order valence-corrected chi connectivity index (χ2v) is 4.60. The van der Waals surface area contributed by atoms with Crippen LogP contribution in [0.25, 0.3) is 0 Å². The number of halogens is 2. The zero-order valence-electron chi connectivity index (χ0n) is 11.9. The Bertz CT molecular complexity index is 671. The van der Waals surface area contributed by atoms with Gasteiger partial charge in [0.15, 0.2) is 5.75 Å². The zero-order valence-corrected chi connectivity index (χ0v) is 12.6. The van der Waals surface area contributed by atoms with E-state index in [0.29, 0.717) is 17.2 Å². The predicted octanol–water partition coefficient (Wildman–Crippen LogP) is 4.11. The first kappa shape index (κ1) is 15.9. The van der Waals surface area contributed by atoms with Gasteiger partial charge in [0.05, 0.1) is 24.9 Å². The van der Waals surface area contributed by atoms with Crippen molar-refractivity contribution in [2.45, 2.75) is 0 Å². The van der Waals surface area contributed by atoms with Gasteiger partial charge in [-0.3, -0.25) is 5.32 Å². The molecule has 1 N–H and O–H groups in total. The van der Waals surface area contributed by atoms with Crippen molar-refractivity contribution in [3.05, 3.63) is 47.2 Å². The molecule has 0 fully saturated rings. The second-order valence-electron chi connectivity index (χ2n) is 4.19. The molecule has 0 aliphatic heterocycles. The number of anilines is 1. The fourth-order valence-corrected chi connectivity index (χ4v) is 1.89. The molecule has 2 aromatic rings. The number of benzene rings is 2. The number of carbonyl (C=O) groups is 1. The minimum atomic E-state index is -0.774. The summed E-state index contributed by atoms with van der Waals surface area (Å²) in [5.41, 5.74) is 0.416. The Labute approximate surface area is 131 Å². The third-order valence-corrected chi connectivity index (χ3v) is 2.99. The Morgan fingerprint density at radius 3 is 2.27 bits per heavy atom. The highest BCUT2D eigenvalue weighted by molar-refractivity contribution is 6.32. The number of methoxy groups -OCH3 is 2. The number of ether oxygens (including phenoxy) is 3. The molecule has 116 valence electrons. The quantitative estimate of drug-likeness (QED) is 0.919. The van der Waals surface area contributed by atoms with E-state index in [-0.39, 0.29) is 10.8 Å². The van der Waals surface area contributed by atoms with Crippen molar-refractivity contribution < 1.29 is 23.4 Å². The topological polar surface area (TPSA) is 56.8 Å². The van der Waals surface area contributed by atoms with Gasteiger partial charge >= 0.3 is 6.09 Å². The highest BCUT2D eigenvalue weighted by atomic mass is 35.5. The van der Waals surface area contributed by atoms with Crippen LogP contribution in [-0.2, 0) is 0 Å². The number of rotatable bonds is 4. The molecule has 0 spiro atoms. The smallest absolute Gasteiger partial charge is 0.417 e. The van der Waals surface area contributed by atoms with Crippen LogP contribution in [0.1, 0.15) is 0 Å². The van der Waals surface area contributed by atoms with E-state index in [9.17, 15) is 9.18 Å². The monoisotopic (exact) mass is 325 g/mol. The molecule has 5 nitrogen and oxygen atoms in total. The molecular weight excluding hydrogens is 313 g/mol. The first-order chi connectivity index (χ1) is 10.5. The molecule has 2 rings (SSSR count). The zero-order chi connectivity index (χ0) is 16.1. The van der Waals surface area contributed by atoms with Crippen molar-refractivity contribution in [3.8, 4) is 17.2 Å². The average Bonchev–Trinajstić information content (AvgIpc) is 2.49. The lowest BCUT2D eigenvalue weighted by atomic mass is 10.3. The lowest BCUT2D eigenvalue weighted by molar-refractivity contribution is 0.215. The predicted molar refractivity (Wildman–Crippen MR) is 80.6 cm³/mol. The van der Waals surface area contributed by atoms with Crippen molar-refractivity contribution in [2.24, 2.45) is 0 Å². The van der Waals surface area contributed by atoms with Crippen LogP contribution in [0.5, 0.6) is 17.2 Å². The maximum atomic E-state index is 12.9. The summed E-state index contributed by atoms with van der Waals surface area (Å²) >= 11 is 5.79. The van der Waals surface area contributed by atoms with E-state index in [2.05, 4.69) is 5.32 Å². The molecular formula is C15H13ClFNO4. The minimum Gasteiger partial charge on any atom is -0.497 e. The van der Waals surface area contributed by atoms with E-state index in [4.69, 9.17) is 25.8 Å². The van der Waals surface area contributed by atoms with Gasteiger partial charge in [0.1, 0.15) is 17.3 Å². The maximum absolute atomic E-state index is 12.9. The molecule has 0 atom stereocenters. The molecule has 7 heteroatoms. The third kappa shape index (κ3) is 4.02. The van der Waals surface area contributed by atoms with Crippen molar-refractivity contribution in [1.29, 1.82) is 0 Å². The van der Waals surface area contributed by atoms with Crippen LogP contribution >= 0.6 is 11.6 Å². The van der Waals surface area contributed by atoms with Crippen LogP contribution in [0.3, 0.4) is 0 Å². The molecule has 0 saturated heterocycles. The van der Waals surface area contributed by atoms with E-state index < -0.39 is 11.9 Å². The summed E-state index contributed by atoms with van der Waals surface area (Å²) in [4.78, 5) is 11.9. The number of nitrogens with one attached hydrogen (secondary N) is 1. The van der Waals surface area contributed by atoms with Crippen LogP contribution in [0.4, 0.5) is 14.9 Å². The van der Waals surface area contributed by atoms with Gasteiger partial charge in [0, 0.05) is 18.2 Å². The molecule has 0 radical (unpaired) electrons. The fourth-order valence-electron chi connectivity index (χ4n) is 1.68. The second kappa shape index (κ2) is 7.00. The van der Waals surface area contributed by atoms with Gasteiger partial charge in [-0.05, 0) is 18.2 Å². The van der Waals surface area contributed by atoms with E-state index in [0.717, 1.165) is 12.1 Å². The summed E-state index contributed by atoms with van der Waals surface area (Å²) < 4.78 is 28.1. The largest absolute Gasteiger partial charge is 0.497 e. The molecule has 0 bridgehead atoms. The van der Waals surface area contributed by atoms with Crippen LogP contribution in [0.2, 0.25) is 5.02 Å². The minimum absolute atomic E-state index is 0.00151. The summed E-state index contributed by atoms with van der Waals surface area (Å²) in [5.74, 6) is 0.551. The van der Waals surface area contributed by atoms with Gasteiger partial charge in [-0.25, -0.2) is 9.18 Å². The van der Waals surface area contributed by atoms with Crippen molar-refractivity contribution in [2.75, 3.05) is 19.5 Å². The Kier molecular flexibility index (Phi) is 5.06. The number of hydrogen-bond donors (Lipinski definition) is 1. The summed E-state index contributed by atoms with van der Waals surface area (Å²) in [6.07, 6.45) is -0.774. The van der Waals surface area contributed by atoms with E-state index in [1.54, 1.807) is 18.2 Å². The van der Waals surface area contributed by atoms with Gasteiger partial charge in [0.2, 0.25) is 0 Å². The molecule has 0 aliphatic rings. The molecule has 0 aliphatic carbocycles.